The van der Waals surface area contributed by atoms with Gasteiger partial charge in [-0.3, -0.25) is 0 Å². The SMILES string of the molecule is Cc1cnc(CS(=O)(=O)Cl)n1C. The average molecular weight is 209 g/mol. The molecule has 0 spiro atoms. The Morgan fingerprint density at radius 2 is 2.25 bits per heavy atom. The van der Waals surface area contributed by atoms with Crippen molar-refractivity contribution in [3.8, 4) is 0 Å². The van der Waals surface area contributed by atoms with Crippen molar-refractivity contribution in [1.82, 2.24) is 9.55 Å². The minimum atomic E-state index is -3.50. The second-order valence-corrected chi connectivity index (χ2v) is 5.33. The van der Waals surface area contributed by atoms with E-state index in [-0.39, 0.29) is 5.75 Å². The number of halogens is 1. The van der Waals surface area contributed by atoms with Gasteiger partial charge in [0.05, 0.1) is 0 Å². The maximum Gasteiger partial charge on any atom is 0.239 e. The van der Waals surface area contributed by atoms with E-state index in [1.165, 1.54) is 0 Å². The third kappa shape index (κ3) is 2.22. The molecule has 12 heavy (non-hydrogen) atoms. The average Bonchev–Trinajstić information content (AvgIpc) is 2.16. The fourth-order valence-corrected chi connectivity index (χ4v) is 1.70. The fraction of sp³-hybridized carbons (Fsp3) is 0.500. The predicted molar refractivity (Wildman–Crippen MR) is 46.4 cm³/mol. The molecule has 0 saturated carbocycles. The van der Waals surface area contributed by atoms with E-state index < -0.39 is 9.05 Å². The van der Waals surface area contributed by atoms with Gasteiger partial charge in [0.15, 0.2) is 0 Å². The molecule has 68 valence electrons. The quantitative estimate of drug-likeness (QED) is 0.676. The van der Waals surface area contributed by atoms with Crippen LogP contribution in [0.1, 0.15) is 11.5 Å². The van der Waals surface area contributed by atoms with Crippen molar-refractivity contribution >= 4 is 19.7 Å². The van der Waals surface area contributed by atoms with Crippen molar-refractivity contribution in [2.24, 2.45) is 7.05 Å². The Morgan fingerprint density at radius 1 is 1.67 bits per heavy atom. The van der Waals surface area contributed by atoms with Crippen LogP contribution in [0, 0.1) is 6.92 Å². The topological polar surface area (TPSA) is 52.0 Å². The van der Waals surface area contributed by atoms with Crippen molar-refractivity contribution < 1.29 is 8.42 Å². The van der Waals surface area contributed by atoms with Crippen LogP contribution in [0.2, 0.25) is 0 Å². The van der Waals surface area contributed by atoms with Crippen LogP contribution in [0.15, 0.2) is 6.20 Å². The number of rotatable bonds is 2. The summed E-state index contributed by atoms with van der Waals surface area (Å²) in [7, 11) is 3.32. The van der Waals surface area contributed by atoms with Gasteiger partial charge in [0, 0.05) is 29.6 Å². The van der Waals surface area contributed by atoms with Crippen LogP contribution in [0.25, 0.3) is 0 Å². The Morgan fingerprint density at radius 3 is 2.58 bits per heavy atom. The number of hydrogen-bond acceptors (Lipinski definition) is 3. The highest BCUT2D eigenvalue weighted by atomic mass is 35.7. The second kappa shape index (κ2) is 3.06. The second-order valence-electron chi connectivity index (χ2n) is 2.56. The van der Waals surface area contributed by atoms with Crippen LogP contribution < -0.4 is 0 Å². The Balaban J connectivity index is 2.99. The van der Waals surface area contributed by atoms with E-state index in [9.17, 15) is 8.42 Å². The van der Waals surface area contributed by atoms with Gasteiger partial charge in [0.2, 0.25) is 9.05 Å². The lowest BCUT2D eigenvalue weighted by molar-refractivity contribution is 0.606. The minimum Gasteiger partial charge on any atom is -0.335 e. The Bertz CT molecular complexity index is 382. The maximum absolute atomic E-state index is 10.7. The van der Waals surface area contributed by atoms with E-state index in [0.717, 1.165) is 5.69 Å². The molecule has 4 nitrogen and oxygen atoms in total. The lowest BCUT2D eigenvalue weighted by Gasteiger charge is -1.99. The maximum atomic E-state index is 10.7. The molecule has 1 heterocycles. The molecule has 1 aromatic heterocycles. The van der Waals surface area contributed by atoms with Gasteiger partial charge >= 0.3 is 0 Å². The van der Waals surface area contributed by atoms with Crippen LogP contribution in [0.3, 0.4) is 0 Å². The summed E-state index contributed by atoms with van der Waals surface area (Å²) in [6, 6.07) is 0. The summed E-state index contributed by atoms with van der Waals surface area (Å²) in [5, 5.41) is 0. The molecule has 0 radical (unpaired) electrons. The molecule has 0 bridgehead atoms. The zero-order chi connectivity index (χ0) is 9.35. The van der Waals surface area contributed by atoms with Gasteiger partial charge < -0.3 is 4.57 Å². The van der Waals surface area contributed by atoms with Gasteiger partial charge in [-0.1, -0.05) is 0 Å². The first kappa shape index (κ1) is 9.54. The molecular formula is C6H9ClN2O2S. The van der Waals surface area contributed by atoms with Crippen LogP contribution in [0.4, 0.5) is 0 Å². The normalized spacial score (nSPS) is 11.9. The summed E-state index contributed by atoms with van der Waals surface area (Å²) < 4.78 is 23.0. The van der Waals surface area contributed by atoms with E-state index in [1.807, 2.05) is 6.92 Å². The van der Waals surface area contributed by atoms with Crippen LogP contribution in [-0.2, 0) is 21.9 Å². The van der Waals surface area contributed by atoms with Crippen LogP contribution in [-0.4, -0.2) is 18.0 Å². The number of hydrogen-bond donors (Lipinski definition) is 0. The highest BCUT2D eigenvalue weighted by Gasteiger charge is 2.11. The highest BCUT2D eigenvalue weighted by molar-refractivity contribution is 8.13. The van der Waals surface area contributed by atoms with Crippen molar-refractivity contribution in [1.29, 1.82) is 0 Å². The molecule has 1 aromatic rings. The molecule has 0 atom stereocenters. The molecule has 0 N–H and O–H groups in total. The fourth-order valence-electron chi connectivity index (χ4n) is 0.833. The Kier molecular flexibility index (Phi) is 2.44. The Labute approximate surface area is 75.6 Å². The van der Waals surface area contributed by atoms with Crippen molar-refractivity contribution in [2.45, 2.75) is 12.7 Å². The van der Waals surface area contributed by atoms with Gasteiger partial charge in [-0.15, -0.1) is 0 Å². The molecule has 0 amide bonds. The van der Waals surface area contributed by atoms with Crippen molar-refractivity contribution in [3.05, 3.63) is 17.7 Å². The first-order valence-corrected chi connectivity index (χ1v) is 5.77. The summed E-state index contributed by atoms with van der Waals surface area (Å²) in [6.45, 7) is 1.84. The summed E-state index contributed by atoms with van der Waals surface area (Å²) in [5.74, 6) is 0.237. The van der Waals surface area contributed by atoms with E-state index in [1.54, 1.807) is 17.8 Å². The predicted octanol–water partition coefficient (Wildman–Crippen LogP) is 0.797. The summed E-state index contributed by atoms with van der Waals surface area (Å²) in [4.78, 5) is 3.90. The zero-order valence-corrected chi connectivity index (χ0v) is 8.35. The van der Waals surface area contributed by atoms with Gasteiger partial charge in [0.25, 0.3) is 0 Å². The molecule has 0 aliphatic heterocycles. The van der Waals surface area contributed by atoms with E-state index in [2.05, 4.69) is 4.98 Å². The molecular weight excluding hydrogens is 200 g/mol. The van der Waals surface area contributed by atoms with Gasteiger partial charge in [-0.2, -0.15) is 0 Å². The van der Waals surface area contributed by atoms with Gasteiger partial charge in [-0.25, -0.2) is 13.4 Å². The molecule has 0 aliphatic carbocycles. The lowest BCUT2D eigenvalue weighted by Crippen LogP contribution is -2.04. The third-order valence-electron chi connectivity index (χ3n) is 1.62. The van der Waals surface area contributed by atoms with Gasteiger partial charge in [0.1, 0.15) is 11.6 Å². The number of aryl methyl sites for hydroxylation is 1. The van der Waals surface area contributed by atoms with Crippen molar-refractivity contribution in [2.75, 3.05) is 0 Å². The largest absolute Gasteiger partial charge is 0.335 e. The monoisotopic (exact) mass is 208 g/mol. The molecule has 6 heteroatoms. The summed E-state index contributed by atoms with van der Waals surface area (Å²) in [6.07, 6.45) is 1.61. The summed E-state index contributed by atoms with van der Waals surface area (Å²) >= 11 is 0. The summed E-state index contributed by atoms with van der Waals surface area (Å²) in [5.41, 5.74) is 0.908. The molecule has 0 aliphatic rings. The Hall–Kier alpha value is -0.550. The number of aromatic nitrogens is 2. The highest BCUT2D eigenvalue weighted by Crippen LogP contribution is 2.08. The molecule has 1 rings (SSSR count). The smallest absolute Gasteiger partial charge is 0.239 e. The lowest BCUT2D eigenvalue weighted by atomic mass is 10.5. The van der Waals surface area contributed by atoms with E-state index in [0.29, 0.717) is 5.82 Å². The third-order valence-corrected chi connectivity index (χ3v) is 2.55. The first-order valence-electron chi connectivity index (χ1n) is 3.29. The van der Waals surface area contributed by atoms with E-state index in [4.69, 9.17) is 10.7 Å². The molecule has 0 saturated heterocycles. The first-order chi connectivity index (χ1) is 5.40. The standard InChI is InChI=1S/C6H9ClN2O2S/c1-5-3-8-6(9(5)2)4-12(7,10)11/h3H,4H2,1-2H3. The molecule has 0 aromatic carbocycles. The van der Waals surface area contributed by atoms with E-state index >= 15 is 0 Å². The van der Waals surface area contributed by atoms with Gasteiger partial charge in [-0.05, 0) is 6.92 Å². The minimum absolute atomic E-state index is 0.223. The number of imidazole rings is 1. The van der Waals surface area contributed by atoms with Crippen LogP contribution in [0.5, 0.6) is 0 Å². The zero-order valence-electron chi connectivity index (χ0n) is 6.78. The van der Waals surface area contributed by atoms with Crippen LogP contribution >= 0.6 is 10.7 Å². The molecule has 0 unspecified atom stereocenters. The molecule has 0 fully saturated rings. The number of nitrogens with zero attached hydrogens (tertiary/aromatic N) is 2. The van der Waals surface area contributed by atoms with Crippen molar-refractivity contribution in [3.63, 3.8) is 0 Å².